The Bertz CT molecular complexity index is 902. The van der Waals surface area contributed by atoms with E-state index in [9.17, 15) is 0 Å². The Hall–Kier alpha value is -2.60. The van der Waals surface area contributed by atoms with E-state index in [0.717, 1.165) is 0 Å². The first-order valence-corrected chi connectivity index (χ1v) is 15.0. The molecule has 0 unspecified atom stereocenters. The van der Waals surface area contributed by atoms with E-state index in [-0.39, 0.29) is 18.3 Å². The molecule has 0 nitrogen and oxygen atoms in total. The third kappa shape index (κ3) is 14.9. The number of rotatable bonds is 5. The maximum Gasteiger partial charge on any atom is -0.0104 e. The SMILES string of the molecule is C.C=C.CC.CC.CC.CC.CCCC(C)(C)c1ccc(-c2ccc(-c3ccc(C(C)(C)C)cc3)cc2)cc1. The predicted octanol–water partition coefficient (Wildman–Crippen LogP) is 13.9. The van der Waals surface area contributed by atoms with Gasteiger partial charge in [0.05, 0.1) is 0 Å². The second-order valence-electron chi connectivity index (χ2n) is 9.62. The zero-order chi connectivity index (χ0) is 30.4. The molecule has 39 heavy (non-hydrogen) atoms. The van der Waals surface area contributed by atoms with Crippen molar-refractivity contribution in [1.82, 2.24) is 0 Å². The molecule has 3 aromatic carbocycles. The zero-order valence-corrected chi connectivity index (χ0v) is 27.8. The Morgan fingerprint density at radius 2 is 0.692 bits per heavy atom. The van der Waals surface area contributed by atoms with Crippen molar-refractivity contribution in [3.05, 3.63) is 97.1 Å². The average Bonchev–Trinajstić information content (AvgIpc) is 2.98. The van der Waals surface area contributed by atoms with E-state index in [1.54, 1.807) is 0 Å². The molecule has 0 bridgehead atoms. The molecule has 0 heteroatoms. The second-order valence-corrected chi connectivity index (χ2v) is 9.62. The van der Waals surface area contributed by atoms with Crippen LogP contribution in [0, 0.1) is 0 Å². The van der Waals surface area contributed by atoms with Crippen LogP contribution in [0.5, 0.6) is 0 Å². The quantitative estimate of drug-likeness (QED) is 0.285. The highest BCUT2D eigenvalue weighted by atomic mass is 14.2. The van der Waals surface area contributed by atoms with Crippen LogP contribution < -0.4 is 0 Å². The molecular weight excluding hydrogens is 468 g/mol. The minimum absolute atomic E-state index is 0. The third-order valence-electron chi connectivity index (χ3n) is 5.84. The van der Waals surface area contributed by atoms with Gasteiger partial charge in [-0.15, -0.1) is 13.2 Å². The fourth-order valence-corrected chi connectivity index (χ4v) is 3.90. The van der Waals surface area contributed by atoms with Crippen LogP contribution in [-0.4, -0.2) is 0 Å². The van der Waals surface area contributed by atoms with Gasteiger partial charge in [0.2, 0.25) is 0 Å². The fraction of sp³-hybridized carbons (Fsp3) is 0.487. The Morgan fingerprint density at radius 3 is 0.923 bits per heavy atom. The van der Waals surface area contributed by atoms with Gasteiger partial charge in [0.1, 0.15) is 0 Å². The second kappa shape index (κ2) is 24.4. The summed E-state index contributed by atoms with van der Waals surface area (Å²) in [7, 11) is 0. The standard InChI is InChI=1S/C28H34.4C2H6.C2H4.CH4/c1-7-20-28(5,6)26-18-14-24(15-19-26)22-10-8-21(9-11-22)23-12-16-25(17-13-23)27(2,3)4;5*1-2;/h8-19H,7,20H2,1-6H3;4*1-2H3;1-2H2;1H4. The maximum atomic E-state index is 3.00. The largest absolute Gasteiger partial charge is 0.106 e. The Labute approximate surface area is 247 Å². The molecule has 3 rings (SSSR count). The van der Waals surface area contributed by atoms with Crippen LogP contribution in [-0.2, 0) is 10.8 Å². The van der Waals surface area contributed by atoms with Gasteiger partial charge >= 0.3 is 0 Å². The van der Waals surface area contributed by atoms with E-state index < -0.39 is 0 Å². The molecule has 3 aromatic rings. The Kier molecular flexibility index (Phi) is 27.2. The topological polar surface area (TPSA) is 0 Å². The van der Waals surface area contributed by atoms with Gasteiger partial charge in [-0.3, -0.25) is 0 Å². The van der Waals surface area contributed by atoms with Crippen molar-refractivity contribution in [1.29, 1.82) is 0 Å². The van der Waals surface area contributed by atoms with Crippen molar-refractivity contribution in [2.75, 3.05) is 0 Å². The van der Waals surface area contributed by atoms with Crippen molar-refractivity contribution in [2.45, 2.75) is 128 Å². The van der Waals surface area contributed by atoms with Crippen LogP contribution in [0.15, 0.2) is 86.0 Å². The molecule has 0 aromatic heterocycles. The van der Waals surface area contributed by atoms with Gasteiger partial charge in [-0.05, 0) is 50.6 Å². The molecule has 0 saturated heterocycles. The summed E-state index contributed by atoms with van der Waals surface area (Å²) in [6, 6.07) is 27.0. The van der Waals surface area contributed by atoms with Crippen molar-refractivity contribution < 1.29 is 0 Å². The van der Waals surface area contributed by atoms with Crippen LogP contribution in [0.25, 0.3) is 22.3 Å². The molecule has 0 fully saturated rings. The minimum Gasteiger partial charge on any atom is -0.106 e. The van der Waals surface area contributed by atoms with Crippen LogP contribution >= 0.6 is 0 Å². The molecule has 222 valence electrons. The van der Waals surface area contributed by atoms with Gasteiger partial charge in [-0.25, -0.2) is 0 Å². The van der Waals surface area contributed by atoms with Crippen molar-refractivity contribution >= 4 is 0 Å². The van der Waals surface area contributed by atoms with E-state index in [4.69, 9.17) is 0 Å². The lowest BCUT2D eigenvalue weighted by atomic mass is 9.80. The Morgan fingerprint density at radius 1 is 0.462 bits per heavy atom. The summed E-state index contributed by atoms with van der Waals surface area (Å²) >= 11 is 0. The highest BCUT2D eigenvalue weighted by Crippen LogP contribution is 2.31. The van der Waals surface area contributed by atoms with Crippen LogP contribution in [0.4, 0.5) is 0 Å². The van der Waals surface area contributed by atoms with Crippen molar-refractivity contribution in [3.63, 3.8) is 0 Å². The molecule has 0 aliphatic heterocycles. The van der Waals surface area contributed by atoms with Gasteiger partial charge in [-0.1, -0.05) is 184 Å². The first-order chi connectivity index (χ1) is 18.2. The molecule has 0 aliphatic carbocycles. The Balaban J connectivity index is -0.000000501. The summed E-state index contributed by atoms with van der Waals surface area (Å²) in [6.07, 6.45) is 2.43. The molecule has 0 spiro atoms. The lowest BCUT2D eigenvalue weighted by Crippen LogP contribution is -2.16. The summed E-state index contributed by atoms with van der Waals surface area (Å²) in [4.78, 5) is 0. The molecule has 0 radical (unpaired) electrons. The number of hydrogen-bond acceptors (Lipinski definition) is 0. The molecule has 0 atom stereocenters. The normalized spacial score (nSPS) is 9.49. The van der Waals surface area contributed by atoms with Crippen LogP contribution in [0.1, 0.15) is 128 Å². The smallest absolute Gasteiger partial charge is 0.0104 e. The number of benzene rings is 3. The first-order valence-electron chi connectivity index (χ1n) is 15.0. The fourth-order valence-electron chi connectivity index (χ4n) is 3.90. The van der Waals surface area contributed by atoms with Crippen LogP contribution in [0.3, 0.4) is 0 Å². The first kappa shape index (κ1) is 43.5. The summed E-state index contributed by atoms with van der Waals surface area (Å²) in [5.74, 6) is 0. The van der Waals surface area contributed by atoms with E-state index in [1.165, 1.54) is 46.2 Å². The van der Waals surface area contributed by atoms with Gasteiger partial charge in [0.15, 0.2) is 0 Å². The molecule has 0 heterocycles. The van der Waals surface area contributed by atoms with Gasteiger partial charge in [-0.2, -0.15) is 0 Å². The summed E-state index contributed by atoms with van der Waals surface area (Å²) < 4.78 is 0. The van der Waals surface area contributed by atoms with Crippen molar-refractivity contribution in [3.8, 4) is 22.3 Å². The van der Waals surface area contributed by atoms with Crippen molar-refractivity contribution in [2.24, 2.45) is 0 Å². The van der Waals surface area contributed by atoms with Gasteiger partial charge in [0, 0.05) is 0 Å². The van der Waals surface area contributed by atoms with Gasteiger partial charge < -0.3 is 0 Å². The van der Waals surface area contributed by atoms with E-state index in [1.807, 2.05) is 55.4 Å². The summed E-state index contributed by atoms with van der Waals surface area (Å²) in [5.41, 5.74) is 8.34. The molecule has 0 N–H and O–H groups in total. The van der Waals surface area contributed by atoms with Gasteiger partial charge in [0.25, 0.3) is 0 Å². The van der Waals surface area contributed by atoms with E-state index >= 15 is 0 Å². The molecular formula is C39H66. The summed E-state index contributed by atoms with van der Waals surface area (Å²) in [6.45, 7) is 35.7. The summed E-state index contributed by atoms with van der Waals surface area (Å²) in [5, 5.41) is 0. The third-order valence-corrected chi connectivity index (χ3v) is 5.84. The van der Waals surface area contributed by atoms with E-state index in [2.05, 4.69) is 127 Å². The monoisotopic (exact) mass is 535 g/mol. The predicted molar refractivity (Wildman–Crippen MR) is 187 cm³/mol. The van der Waals surface area contributed by atoms with Crippen LogP contribution in [0.2, 0.25) is 0 Å². The minimum atomic E-state index is 0. The molecule has 0 aliphatic rings. The number of hydrogen-bond donors (Lipinski definition) is 0. The average molecular weight is 535 g/mol. The molecule has 0 saturated carbocycles. The maximum absolute atomic E-state index is 3.00. The van der Waals surface area contributed by atoms with E-state index in [0.29, 0.717) is 0 Å². The lowest BCUT2D eigenvalue weighted by molar-refractivity contribution is 0.473. The molecule has 0 amide bonds. The zero-order valence-electron chi connectivity index (χ0n) is 27.8. The highest BCUT2D eigenvalue weighted by Gasteiger charge is 2.19. The lowest BCUT2D eigenvalue weighted by Gasteiger charge is -2.25. The highest BCUT2D eigenvalue weighted by molar-refractivity contribution is 5.70.